The minimum atomic E-state index is -1.18. The Labute approximate surface area is 145 Å². The molecule has 7 atom stereocenters. The Morgan fingerprint density at radius 3 is 2.60 bits per heavy atom. The second-order valence-corrected chi connectivity index (χ2v) is 7.93. The summed E-state index contributed by atoms with van der Waals surface area (Å²) in [5, 5.41) is 10.7. The molecule has 3 heterocycles. The zero-order valence-electron chi connectivity index (χ0n) is 14.5. The Hall–Kier alpha value is -1.95. The molecule has 5 aliphatic rings. The molecule has 0 aromatic rings. The van der Waals surface area contributed by atoms with Crippen LogP contribution in [0.5, 0.6) is 0 Å². The van der Waals surface area contributed by atoms with E-state index >= 15 is 0 Å². The van der Waals surface area contributed by atoms with Gasteiger partial charge in [-0.1, -0.05) is 26.8 Å². The van der Waals surface area contributed by atoms with Crippen molar-refractivity contribution in [2.75, 3.05) is 0 Å². The summed E-state index contributed by atoms with van der Waals surface area (Å²) in [6.07, 6.45) is 2.51. The van der Waals surface area contributed by atoms with Crippen molar-refractivity contribution in [1.82, 2.24) is 0 Å². The van der Waals surface area contributed by atoms with Crippen LogP contribution in [0.4, 0.5) is 0 Å². The average molecular weight is 346 g/mol. The highest BCUT2D eigenvalue weighted by molar-refractivity contribution is 6.20. The highest BCUT2D eigenvalue weighted by Crippen LogP contribution is 2.56. The van der Waals surface area contributed by atoms with Gasteiger partial charge in [0.2, 0.25) is 0 Å². The molecule has 3 fully saturated rings. The summed E-state index contributed by atoms with van der Waals surface area (Å²) < 4.78 is 11.6. The van der Waals surface area contributed by atoms with Crippen molar-refractivity contribution in [2.45, 2.75) is 51.4 Å². The molecule has 3 aliphatic heterocycles. The van der Waals surface area contributed by atoms with E-state index in [1.54, 1.807) is 19.9 Å². The van der Waals surface area contributed by atoms with Gasteiger partial charge in [-0.15, -0.1) is 0 Å². The van der Waals surface area contributed by atoms with Crippen LogP contribution in [0.2, 0.25) is 0 Å². The third-order valence-electron chi connectivity index (χ3n) is 6.13. The molecular weight excluding hydrogens is 324 g/mol. The van der Waals surface area contributed by atoms with Crippen LogP contribution in [0.15, 0.2) is 23.5 Å². The minimum Gasteiger partial charge on any atom is -0.486 e. The van der Waals surface area contributed by atoms with Crippen LogP contribution in [0.25, 0.3) is 0 Å². The molecule has 6 nitrogen and oxygen atoms in total. The summed E-state index contributed by atoms with van der Waals surface area (Å²) in [5.41, 5.74) is -1.21. The van der Waals surface area contributed by atoms with Gasteiger partial charge in [0.15, 0.2) is 22.9 Å². The number of carbonyl (C=O) groups excluding carboxylic acids is 3. The Kier molecular flexibility index (Phi) is 3.48. The lowest BCUT2D eigenvalue weighted by Gasteiger charge is -2.54. The number of hydrogen-bond donors (Lipinski definition) is 1. The van der Waals surface area contributed by atoms with Crippen LogP contribution >= 0.6 is 0 Å². The predicted octanol–water partition coefficient (Wildman–Crippen LogP) is 1.32. The number of Topliss-reactive ketones (excluding diaryl/α,β-unsaturated/α-hetero) is 1. The molecule has 2 aliphatic carbocycles. The van der Waals surface area contributed by atoms with Crippen LogP contribution in [0.3, 0.4) is 0 Å². The molecule has 5 rings (SSSR count). The maximum absolute atomic E-state index is 12.9. The molecule has 5 bridgehead atoms. The Bertz CT molecular complexity index is 734. The van der Waals surface area contributed by atoms with Crippen molar-refractivity contribution in [3.05, 3.63) is 23.5 Å². The van der Waals surface area contributed by atoms with E-state index < -0.39 is 35.6 Å². The number of fused-ring (bicyclic) bond motifs is 1. The second-order valence-electron chi connectivity index (χ2n) is 7.93. The molecular formula is C19H22O6. The molecule has 0 aromatic heterocycles. The summed E-state index contributed by atoms with van der Waals surface area (Å²) in [6, 6.07) is 0. The SMILES string of the molecule is C[C@@H]1C[C@H](C)C(=O)/C=C\[C@@H]2[C@@H](O)[C@H]3OC4=C(C(=O)O[C@@]42C[C@H]3C)C1=O. The van der Waals surface area contributed by atoms with Gasteiger partial charge in [0.25, 0.3) is 0 Å². The standard InChI is InChI=1S/C19H22O6/c1-8-6-9(2)14(21)13-17-19(25-18(13)23)7-10(3)16(24-17)15(22)11(19)4-5-12(8)20/h4-5,8-11,15-16,22H,6-7H2,1-3H3/b5-4-/t8-,9+,10+,11+,15+,16-,19+/m0/s1. The lowest BCUT2D eigenvalue weighted by molar-refractivity contribution is -0.220. The van der Waals surface area contributed by atoms with Crippen LogP contribution < -0.4 is 0 Å². The number of carbonyl (C=O) groups is 3. The molecule has 1 saturated carbocycles. The van der Waals surface area contributed by atoms with Crippen molar-refractivity contribution in [3.8, 4) is 0 Å². The van der Waals surface area contributed by atoms with Gasteiger partial charge < -0.3 is 14.6 Å². The summed E-state index contributed by atoms with van der Waals surface area (Å²) in [7, 11) is 0. The molecule has 1 N–H and O–H groups in total. The fraction of sp³-hybridized carbons (Fsp3) is 0.632. The molecule has 0 unspecified atom stereocenters. The maximum Gasteiger partial charge on any atom is 0.346 e. The monoisotopic (exact) mass is 346 g/mol. The van der Waals surface area contributed by atoms with Gasteiger partial charge in [0.1, 0.15) is 17.8 Å². The second kappa shape index (κ2) is 5.27. The maximum atomic E-state index is 12.9. The Morgan fingerprint density at radius 1 is 1.16 bits per heavy atom. The number of ketones is 2. The van der Waals surface area contributed by atoms with E-state index in [-0.39, 0.29) is 34.7 Å². The molecule has 0 aromatic carbocycles. The van der Waals surface area contributed by atoms with E-state index in [9.17, 15) is 19.5 Å². The van der Waals surface area contributed by atoms with Gasteiger partial charge in [0, 0.05) is 18.3 Å². The normalized spacial score (nSPS) is 47.3. The summed E-state index contributed by atoms with van der Waals surface area (Å²) in [4.78, 5) is 37.8. The number of ether oxygens (including phenoxy) is 2. The van der Waals surface area contributed by atoms with Gasteiger partial charge in [-0.2, -0.15) is 0 Å². The number of hydrogen-bond acceptors (Lipinski definition) is 6. The number of esters is 1. The van der Waals surface area contributed by atoms with Crippen molar-refractivity contribution >= 4 is 17.5 Å². The van der Waals surface area contributed by atoms with Crippen molar-refractivity contribution in [3.63, 3.8) is 0 Å². The molecule has 6 heteroatoms. The highest BCUT2D eigenvalue weighted by atomic mass is 16.6. The molecule has 2 saturated heterocycles. The lowest BCUT2D eigenvalue weighted by Crippen LogP contribution is -2.63. The molecule has 0 radical (unpaired) electrons. The smallest absolute Gasteiger partial charge is 0.346 e. The van der Waals surface area contributed by atoms with E-state index in [0.29, 0.717) is 12.8 Å². The summed E-state index contributed by atoms with van der Waals surface area (Å²) >= 11 is 0. The van der Waals surface area contributed by atoms with Gasteiger partial charge >= 0.3 is 5.97 Å². The predicted molar refractivity (Wildman–Crippen MR) is 86.1 cm³/mol. The van der Waals surface area contributed by atoms with Crippen molar-refractivity contribution < 1.29 is 29.0 Å². The first-order valence-electron chi connectivity index (χ1n) is 8.85. The topological polar surface area (TPSA) is 89.9 Å². The zero-order chi connectivity index (χ0) is 18.1. The van der Waals surface area contributed by atoms with Gasteiger partial charge in [-0.25, -0.2) is 4.79 Å². The minimum absolute atomic E-state index is 0.0252. The lowest BCUT2D eigenvalue weighted by atomic mass is 9.64. The van der Waals surface area contributed by atoms with Crippen LogP contribution in [-0.2, 0) is 23.9 Å². The molecule has 0 amide bonds. The number of aliphatic hydroxyl groups excluding tert-OH is 1. The fourth-order valence-corrected chi connectivity index (χ4v) is 4.79. The van der Waals surface area contributed by atoms with Crippen LogP contribution in [0, 0.1) is 23.7 Å². The van der Waals surface area contributed by atoms with Gasteiger partial charge in [-0.3, -0.25) is 9.59 Å². The molecule has 1 spiro atoms. The number of aliphatic hydroxyl groups is 1. The quantitative estimate of drug-likeness (QED) is 0.526. The highest BCUT2D eigenvalue weighted by Gasteiger charge is 2.67. The van der Waals surface area contributed by atoms with Crippen LogP contribution in [0.1, 0.15) is 33.6 Å². The first-order valence-corrected chi connectivity index (χ1v) is 8.85. The average Bonchev–Trinajstić information content (AvgIpc) is 2.83. The Balaban J connectivity index is 1.93. The summed E-state index contributed by atoms with van der Waals surface area (Å²) in [6.45, 7) is 5.41. The van der Waals surface area contributed by atoms with Crippen molar-refractivity contribution in [2.24, 2.45) is 23.7 Å². The van der Waals surface area contributed by atoms with Crippen LogP contribution in [-0.4, -0.2) is 40.5 Å². The largest absolute Gasteiger partial charge is 0.486 e. The molecule has 134 valence electrons. The third-order valence-corrected chi connectivity index (χ3v) is 6.13. The zero-order valence-corrected chi connectivity index (χ0v) is 14.5. The number of rotatable bonds is 0. The van der Waals surface area contributed by atoms with E-state index in [0.717, 1.165) is 0 Å². The van der Waals surface area contributed by atoms with E-state index in [4.69, 9.17) is 9.47 Å². The van der Waals surface area contributed by atoms with E-state index in [1.807, 2.05) is 6.92 Å². The van der Waals surface area contributed by atoms with Gasteiger partial charge in [-0.05, 0) is 18.4 Å². The first-order chi connectivity index (χ1) is 11.8. The van der Waals surface area contributed by atoms with E-state index in [1.165, 1.54) is 6.08 Å². The van der Waals surface area contributed by atoms with Crippen molar-refractivity contribution in [1.29, 1.82) is 0 Å². The molecule has 25 heavy (non-hydrogen) atoms. The Morgan fingerprint density at radius 2 is 1.88 bits per heavy atom. The first kappa shape index (κ1) is 16.5. The van der Waals surface area contributed by atoms with E-state index in [2.05, 4.69) is 0 Å². The summed E-state index contributed by atoms with van der Waals surface area (Å²) in [5.74, 6) is -2.27. The van der Waals surface area contributed by atoms with Gasteiger partial charge in [0.05, 0.1) is 5.92 Å². The number of allylic oxidation sites excluding steroid dienone is 1. The fourth-order valence-electron chi connectivity index (χ4n) is 4.79. The third kappa shape index (κ3) is 2.09.